The van der Waals surface area contributed by atoms with Crippen molar-refractivity contribution in [3.8, 4) is 0 Å². The third-order valence-electron chi connectivity index (χ3n) is 3.93. The average Bonchev–Trinajstić information content (AvgIpc) is 2.47. The first kappa shape index (κ1) is 13.9. The molecular formula is C16H25N3. The fourth-order valence-electron chi connectivity index (χ4n) is 2.69. The van der Waals surface area contributed by atoms with Crippen LogP contribution in [0.15, 0.2) is 29.8 Å². The highest BCUT2D eigenvalue weighted by Crippen LogP contribution is 2.35. The standard InChI is InChI=1S/C16H25N3/c1-11(2)8-9-19-12(3)10-18-16-14(13(19)4)6-5-7-15(16)17/h5-8,12-13,18H,9-10,17H2,1-4H3/t12-,13-/m0/s1. The van der Waals surface area contributed by atoms with Gasteiger partial charge >= 0.3 is 0 Å². The largest absolute Gasteiger partial charge is 0.397 e. The highest BCUT2D eigenvalue weighted by molar-refractivity contribution is 5.71. The van der Waals surface area contributed by atoms with Gasteiger partial charge in [-0.1, -0.05) is 23.8 Å². The Balaban J connectivity index is 2.34. The quantitative estimate of drug-likeness (QED) is 0.631. The Morgan fingerprint density at radius 2 is 2.16 bits per heavy atom. The highest BCUT2D eigenvalue weighted by atomic mass is 15.2. The van der Waals surface area contributed by atoms with Gasteiger partial charge in [-0.15, -0.1) is 0 Å². The molecule has 0 radical (unpaired) electrons. The van der Waals surface area contributed by atoms with Crippen LogP contribution >= 0.6 is 0 Å². The molecule has 0 aromatic heterocycles. The number of hydrogen-bond donors (Lipinski definition) is 2. The molecule has 3 N–H and O–H groups in total. The fourth-order valence-corrected chi connectivity index (χ4v) is 2.69. The van der Waals surface area contributed by atoms with Gasteiger partial charge in [0.2, 0.25) is 0 Å². The number of nitrogens with zero attached hydrogens (tertiary/aromatic N) is 1. The zero-order valence-corrected chi connectivity index (χ0v) is 12.4. The molecule has 3 heteroatoms. The molecule has 2 atom stereocenters. The van der Waals surface area contributed by atoms with Gasteiger partial charge in [0.05, 0.1) is 11.4 Å². The van der Waals surface area contributed by atoms with Crippen LogP contribution in [-0.4, -0.2) is 24.0 Å². The minimum Gasteiger partial charge on any atom is -0.397 e. The summed E-state index contributed by atoms with van der Waals surface area (Å²) in [5.41, 5.74) is 10.7. The van der Waals surface area contributed by atoms with Gasteiger partial charge in [-0.2, -0.15) is 0 Å². The summed E-state index contributed by atoms with van der Waals surface area (Å²) in [5.74, 6) is 0. The first-order valence-electron chi connectivity index (χ1n) is 7.02. The summed E-state index contributed by atoms with van der Waals surface area (Å²) in [5, 5.41) is 3.50. The van der Waals surface area contributed by atoms with E-state index in [0.29, 0.717) is 12.1 Å². The molecule has 0 amide bonds. The minimum atomic E-state index is 0.374. The van der Waals surface area contributed by atoms with Crippen LogP contribution in [-0.2, 0) is 0 Å². The molecule has 1 aliphatic rings. The number of benzene rings is 1. The first-order chi connectivity index (χ1) is 9.00. The Hall–Kier alpha value is -1.48. The third kappa shape index (κ3) is 2.92. The first-order valence-corrected chi connectivity index (χ1v) is 7.02. The number of rotatable bonds is 2. The lowest BCUT2D eigenvalue weighted by Crippen LogP contribution is -2.37. The summed E-state index contributed by atoms with van der Waals surface area (Å²) >= 11 is 0. The van der Waals surface area contributed by atoms with Crippen LogP contribution in [0.4, 0.5) is 11.4 Å². The van der Waals surface area contributed by atoms with Crippen molar-refractivity contribution >= 4 is 11.4 Å². The molecular weight excluding hydrogens is 234 g/mol. The van der Waals surface area contributed by atoms with Crippen molar-refractivity contribution in [3.63, 3.8) is 0 Å². The van der Waals surface area contributed by atoms with Crippen molar-refractivity contribution in [1.29, 1.82) is 0 Å². The van der Waals surface area contributed by atoms with Gasteiger partial charge in [-0.05, 0) is 39.3 Å². The Labute approximate surface area is 116 Å². The van der Waals surface area contributed by atoms with E-state index in [1.807, 2.05) is 12.1 Å². The average molecular weight is 259 g/mol. The van der Waals surface area contributed by atoms with Crippen LogP contribution in [0, 0.1) is 0 Å². The van der Waals surface area contributed by atoms with Crippen molar-refractivity contribution in [3.05, 3.63) is 35.4 Å². The summed E-state index contributed by atoms with van der Waals surface area (Å²) in [6.45, 7) is 10.8. The molecule has 3 nitrogen and oxygen atoms in total. The number of hydrogen-bond acceptors (Lipinski definition) is 3. The second-order valence-electron chi connectivity index (χ2n) is 5.70. The van der Waals surface area contributed by atoms with E-state index in [9.17, 15) is 0 Å². The molecule has 1 aromatic carbocycles. The number of allylic oxidation sites excluding steroid dienone is 1. The number of fused-ring (bicyclic) bond motifs is 1. The molecule has 104 valence electrons. The molecule has 2 rings (SSSR count). The van der Waals surface area contributed by atoms with Crippen LogP contribution in [0.3, 0.4) is 0 Å². The summed E-state index contributed by atoms with van der Waals surface area (Å²) in [6.07, 6.45) is 2.30. The monoisotopic (exact) mass is 259 g/mol. The summed E-state index contributed by atoms with van der Waals surface area (Å²) in [4.78, 5) is 2.52. The molecule has 0 unspecified atom stereocenters. The lowest BCUT2D eigenvalue weighted by Gasteiger charge is -2.31. The predicted octanol–water partition coefficient (Wildman–Crippen LogP) is 3.41. The van der Waals surface area contributed by atoms with Gasteiger partial charge in [0.15, 0.2) is 0 Å². The summed E-state index contributed by atoms with van der Waals surface area (Å²) < 4.78 is 0. The summed E-state index contributed by atoms with van der Waals surface area (Å²) in [6, 6.07) is 7.05. The summed E-state index contributed by atoms with van der Waals surface area (Å²) in [7, 11) is 0. The highest BCUT2D eigenvalue weighted by Gasteiger charge is 2.26. The zero-order valence-electron chi connectivity index (χ0n) is 12.4. The number of nitrogens with one attached hydrogen (secondary N) is 1. The van der Waals surface area contributed by atoms with Gasteiger partial charge in [-0.3, -0.25) is 4.90 Å². The van der Waals surface area contributed by atoms with E-state index in [-0.39, 0.29) is 0 Å². The molecule has 0 aliphatic carbocycles. The number of para-hydroxylation sites is 1. The number of nitrogens with two attached hydrogens (primary N) is 1. The topological polar surface area (TPSA) is 41.3 Å². The van der Waals surface area contributed by atoms with E-state index in [1.54, 1.807) is 0 Å². The molecule has 0 spiro atoms. The van der Waals surface area contributed by atoms with Gasteiger partial charge in [0.1, 0.15) is 0 Å². The van der Waals surface area contributed by atoms with Crippen LogP contribution in [0.5, 0.6) is 0 Å². The maximum absolute atomic E-state index is 6.09. The van der Waals surface area contributed by atoms with Gasteiger partial charge < -0.3 is 11.1 Å². The molecule has 0 fully saturated rings. The van der Waals surface area contributed by atoms with Crippen LogP contribution < -0.4 is 11.1 Å². The SMILES string of the molecule is CC(C)=CCN1[C@@H](C)CNc2c(N)cccc2[C@@H]1C. The van der Waals surface area contributed by atoms with E-state index in [0.717, 1.165) is 24.5 Å². The molecule has 0 saturated heterocycles. The van der Waals surface area contributed by atoms with Crippen LogP contribution in [0.25, 0.3) is 0 Å². The normalized spacial score (nSPS) is 23.2. The van der Waals surface area contributed by atoms with Crippen LogP contribution in [0.2, 0.25) is 0 Å². The third-order valence-corrected chi connectivity index (χ3v) is 3.93. The van der Waals surface area contributed by atoms with E-state index >= 15 is 0 Å². The van der Waals surface area contributed by atoms with E-state index in [2.05, 4.69) is 50.1 Å². The molecule has 19 heavy (non-hydrogen) atoms. The Morgan fingerprint density at radius 3 is 2.84 bits per heavy atom. The lowest BCUT2D eigenvalue weighted by molar-refractivity contribution is 0.185. The maximum Gasteiger partial charge on any atom is 0.0622 e. The predicted molar refractivity (Wildman–Crippen MR) is 83.4 cm³/mol. The van der Waals surface area contributed by atoms with Gasteiger partial charge in [0.25, 0.3) is 0 Å². The van der Waals surface area contributed by atoms with Crippen molar-refractivity contribution in [1.82, 2.24) is 4.90 Å². The smallest absolute Gasteiger partial charge is 0.0622 e. The second-order valence-corrected chi connectivity index (χ2v) is 5.70. The van der Waals surface area contributed by atoms with E-state index < -0.39 is 0 Å². The minimum absolute atomic E-state index is 0.374. The van der Waals surface area contributed by atoms with Crippen molar-refractivity contribution in [2.45, 2.75) is 39.8 Å². The molecule has 0 saturated carbocycles. The molecule has 1 heterocycles. The van der Waals surface area contributed by atoms with Gasteiger partial charge in [-0.25, -0.2) is 0 Å². The van der Waals surface area contributed by atoms with Gasteiger partial charge in [0, 0.05) is 25.2 Å². The zero-order chi connectivity index (χ0) is 14.0. The van der Waals surface area contributed by atoms with Crippen molar-refractivity contribution in [2.75, 3.05) is 24.1 Å². The van der Waals surface area contributed by atoms with E-state index in [1.165, 1.54) is 11.1 Å². The van der Waals surface area contributed by atoms with Crippen molar-refractivity contribution in [2.24, 2.45) is 0 Å². The Morgan fingerprint density at radius 1 is 1.42 bits per heavy atom. The maximum atomic E-state index is 6.09. The lowest BCUT2D eigenvalue weighted by atomic mass is 10.0. The van der Waals surface area contributed by atoms with Crippen molar-refractivity contribution < 1.29 is 0 Å². The van der Waals surface area contributed by atoms with E-state index in [4.69, 9.17) is 5.73 Å². The second kappa shape index (κ2) is 5.66. The number of nitrogen functional groups attached to an aromatic ring is 1. The Kier molecular flexibility index (Phi) is 4.15. The Bertz CT molecular complexity index is 475. The fraction of sp³-hybridized carbons (Fsp3) is 0.500. The molecule has 1 aromatic rings. The molecule has 0 bridgehead atoms. The number of anilines is 2. The van der Waals surface area contributed by atoms with Crippen LogP contribution in [0.1, 0.15) is 39.3 Å². The molecule has 1 aliphatic heterocycles.